The maximum Gasteiger partial charge on any atom is 0.0651 e. The second-order valence-electron chi connectivity index (χ2n) is 12.3. The van der Waals surface area contributed by atoms with E-state index in [4.69, 9.17) is 0 Å². The normalized spacial score (nSPS) is 25.4. The number of fused-ring (bicyclic) bond motifs is 2. The minimum atomic E-state index is -0.333. The third kappa shape index (κ3) is 6.73. The molecule has 0 saturated heterocycles. The number of aryl methyl sites for hydroxylation is 1. The van der Waals surface area contributed by atoms with E-state index in [1.165, 1.54) is 36.6 Å². The van der Waals surface area contributed by atoms with Crippen LogP contribution in [0.25, 0.3) is 22.2 Å². The maximum atomic E-state index is 11.4. The van der Waals surface area contributed by atoms with E-state index >= 15 is 0 Å². The molecule has 2 fully saturated rings. The van der Waals surface area contributed by atoms with E-state index in [2.05, 4.69) is 69.9 Å². The summed E-state index contributed by atoms with van der Waals surface area (Å²) in [6.45, 7) is 11.0. The standard InChI is InChI=1S/C20H38O2.C16H12N.Ir/c1-5-19(6-2)13-9-11-15-12-10-14-20(7-3,8-4)18(22)16(15)17(19)21;1-12-7-8-14-9-10-15(17-16(14)11-12)13-5-3-2-4-6-13;/h15-18,21-22H,5-14H2,1-4H3;2-5,7-11H,1H3;/q;-1;. The third-order valence-corrected chi connectivity index (χ3v) is 10.7. The second-order valence-corrected chi connectivity index (χ2v) is 12.3. The Morgan fingerprint density at radius 3 is 1.93 bits per heavy atom. The zero-order valence-electron chi connectivity index (χ0n) is 25.3. The van der Waals surface area contributed by atoms with E-state index in [-0.39, 0.29) is 49.1 Å². The van der Waals surface area contributed by atoms with Crippen molar-refractivity contribution in [2.24, 2.45) is 22.7 Å². The van der Waals surface area contributed by atoms with Crippen LogP contribution in [0.5, 0.6) is 0 Å². The quantitative estimate of drug-likeness (QED) is 0.259. The molecule has 4 heteroatoms. The number of aromatic nitrogens is 1. The topological polar surface area (TPSA) is 53.4 Å². The summed E-state index contributed by atoms with van der Waals surface area (Å²) in [6, 6.07) is 21.6. The fraction of sp³-hybridized carbons (Fsp3) is 0.583. The Labute approximate surface area is 256 Å². The SMILES string of the molecule is CCC1(CC)CCCC2CCCC(CC)(CC)C(O)C2C1O.Cc1ccc2ccc(-c3[c-]cccc3)nc2c1.[Ir]. The number of hydrogen-bond acceptors (Lipinski definition) is 3. The van der Waals surface area contributed by atoms with Gasteiger partial charge in [-0.25, -0.2) is 0 Å². The number of hydrogen-bond donors (Lipinski definition) is 2. The van der Waals surface area contributed by atoms with Crippen molar-refractivity contribution < 1.29 is 30.3 Å². The smallest absolute Gasteiger partial charge is 0.0651 e. The zero-order chi connectivity index (χ0) is 28.0. The van der Waals surface area contributed by atoms with Gasteiger partial charge in [0.15, 0.2) is 0 Å². The van der Waals surface area contributed by atoms with E-state index in [1.54, 1.807) is 0 Å². The van der Waals surface area contributed by atoms with Crippen molar-refractivity contribution >= 4 is 10.9 Å². The molecular formula is C36H50IrNO2-. The molecule has 2 saturated carbocycles. The molecule has 0 bridgehead atoms. The molecule has 0 aliphatic heterocycles. The Hall–Kier alpha value is -1.58. The summed E-state index contributed by atoms with van der Waals surface area (Å²) in [5.41, 5.74) is 4.34. The van der Waals surface area contributed by atoms with Crippen molar-refractivity contribution in [1.29, 1.82) is 0 Å². The molecule has 1 aromatic heterocycles. The molecule has 3 aromatic rings. The number of nitrogens with zero attached hydrogens (tertiary/aromatic N) is 1. The fourth-order valence-electron chi connectivity index (χ4n) is 7.74. The van der Waals surface area contributed by atoms with Crippen molar-refractivity contribution in [2.45, 2.75) is 111 Å². The molecule has 1 heterocycles. The van der Waals surface area contributed by atoms with Gasteiger partial charge in [-0.3, -0.25) is 4.98 Å². The Morgan fingerprint density at radius 1 is 0.825 bits per heavy atom. The van der Waals surface area contributed by atoms with Gasteiger partial charge >= 0.3 is 0 Å². The molecule has 5 rings (SSSR count). The van der Waals surface area contributed by atoms with E-state index in [1.807, 2.05) is 30.3 Å². The van der Waals surface area contributed by atoms with Gasteiger partial charge in [0.2, 0.25) is 0 Å². The number of benzene rings is 2. The predicted molar refractivity (Wildman–Crippen MR) is 163 cm³/mol. The van der Waals surface area contributed by atoms with Crippen molar-refractivity contribution in [1.82, 2.24) is 4.98 Å². The van der Waals surface area contributed by atoms with Gasteiger partial charge in [-0.1, -0.05) is 64.8 Å². The van der Waals surface area contributed by atoms with Gasteiger partial charge < -0.3 is 10.2 Å². The van der Waals surface area contributed by atoms with E-state index in [9.17, 15) is 10.2 Å². The van der Waals surface area contributed by atoms with Crippen LogP contribution < -0.4 is 0 Å². The second kappa shape index (κ2) is 14.5. The summed E-state index contributed by atoms with van der Waals surface area (Å²) in [5.74, 6) is 0.606. The summed E-state index contributed by atoms with van der Waals surface area (Å²) >= 11 is 0. The minimum absolute atomic E-state index is 0. The van der Waals surface area contributed by atoms with E-state index < -0.39 is 0 Å². The van der Waals surface area contributed by atoms with Crippen LogP contribution in [0, 0.1) is 35.7 Å². The molecule has 221 valence electrons. The first-order valence-electron chi connectivity index (χ1n) is 15.5. The van der Waals surface area contributed by atoms with E-state index in [0.29, 0.717) is 5.92 Å². The van der Waals surface area contributed by atoms with Crippen molar-refractivity contribution in [3.05, 3.63) is 66.2 Å². The van der Waals surface area contributed by atoms with Crippen LogP contribution in [0.4, 0.5) is 0 Å². The van der Waals surface area contributed by atoms with Crippen LogP contribution in [-0.2, 0) is 20.1 Å². The first-order chi connectivity index (χ1) is 18.8. The Bertz CT molecular complexity index is 1160. The van der Waals surface area contributed by atoms with Crippen LogP contribution in [0.2, 0.25) is 0 Å². The van der Waals surface area contributed by atoms with Crippen molar-refractivity contribution in [3.63, 3.8) is 0 Å². The van der Waals surface area contributed by atoms with Crippen LogP contribution in [-0.4, -0.2) is 27.4 Å². The summed E-state index contributed by atoms with van der Waals surface area (Å²) in [4.78, 5) is 4.68. The third-order valence-electron chi connectivity index (χ3n) is 10.7. The molecule has 2 N–H and O–H groups in total. The Balaban J connectivity index is 0.000000221. The van der Waals surface area contributed by atoms with E-state index in [0.717, 1.165) is 55.3 Å². The average molecular weight is 721 g/mol. The largest absolute Gasteiger partial charge is 0.392 e. The summed E-state index contributed by atoms with van der Waals surface area (Å²) < 4.78 is 0. The van der Waals surface area contributed by atoms with Gasteiger partial charge in [-0.15, -0.1) is 35.9 Å². The van der Waals surface area contributed by atoms with Gasteiger partial charge in [-0.05, 0) is 97.7 Å². The van der Waals surface area contributed by atoms with Gasteiger partial charge in [0.25, 0.3) is 0 Å². The summed E-state index contributed by atoms with van der Waals surface area (Å²) in [7, 11) is 0. The maximum absolute atomic E-state index is 11.4. The first kappa shape index (κ1) is 32.9. The Morgan fingerprint density at radius 2 is 1.40 bits per heavy atom. The van der Waals surface area contributed by atoms with Crippen LogP contribution >= 0.6 is 0 Å². The monoisotopic (exact) mass is 721 g/mol. The molecule has 2 unspecified atom stereocenters. The molecule has 40 heavy (non-hydrogen) atoms. The summed E-state index contributed by atoms with van der Waals surface area (Å²) in [6.07, 6.45) is 10.6. The van der Waals surface area contributed by atoms with Crippen molar-refractivity contribution in [2.75, 3.05) is 0 Å². The minimum Gasteiger partial charge on any atom is -0.392 e. The number of aliphatic hydroxyl groups is 2. The average Bonchev–Trinajstić information content (AvgIpc) is 3.20. The van der Waals surface area contributed by atoms with Gasteiger partial charge in [0, 0.05) is 26.0 Å². The zero-order valence-corrected chi connectivity index (χ0v) is 27.6. The molecule has 2 atom stereocenters. The summed E-state index contributed by atoms with van der Waals surface area (Å²) in [5, 5.41) is 23.9. The van der Waals surface area contributed by atoms with Gasteiger partial charge in [-0.2, -0.15) is 0 Å². The van der Waals surface area contributed by atoms with Gasteiger partial charge in [0.1, 0.15) is 0 Å². The molecule has 3 nitrogen and oxygen atoms in total. The Kier molecular flexibility index (Phi) is 12.0. The molecule has 0 amide bonds. The molecule has 0 spiro atoms. The predicted octanol–water partition coefficient (Wildman–Crippen LogP) is 8.93. The van der Waals surface area contributed by atoms with Crippen LogP contribution in [0.3, 0.4) is 0 Å². The van der Waals surface area contributed by atoms with Gasteiger partial charge in [0.05, 0.1) is 17.7 Å². The molecule has 1 radical (unpaired) electrons. The van der Waals surface area contributed by atoms with Crippen LogP contribution in [0.15, 0.2) is 54.6 Å². The molecule has 2 aliphatic carbocycles. The number of rotatable bonds is 5. The fourth-order valence-corrected chi connectivity index (χ4v) is 7.74. The first-order valence-corrected chi connectivity index (χ1v) is 15.5. The number of pyridine rings is 1. The molecular weight excluding hydrogens is 671 g/mol. The van der Waals surface area contributed by atoms with Crippen LogP contribution in [0.1, 0.15) is 97.5 Å². The van der Waals surface area contributed by atoms with Crippen molar-refractivity contribution in [3.8, 4) is 11.3 Å². The molecule has 2 aliphatic rings. The number of aliphatic hydroxyl groups excluding tert-OH is 2. The molecule has 2 aromatic carbocycles.